The van der Waals surface area contributed by atoms with Crippen molar-refractivity contribution >= 4 is 17.3 Å². The monoisotopic (exact) mass is 439 g/mol. The quantitative estimate of drug-likeness (QED) is 0.478. The van der Waals surface area contributed by atoms with E-state index in [1.54, 1.807) is 11.4 Å². The Hall–Kier alpha value is -3.27. The van der Waals surface area contributed by atoms with Crippen molar-refractivity contribution in [2.24, 2.45) is 0 Å². The van der Waals surface area contributed by atoms with E-state index in [1.807, 2.05) is 12.1 Å². The highest BCUT2D eigenvalue weighted by Crippen LogP contribution is 2.39. The van der Waals surface area contributed by atoms with Crippen molar-refractivity contribution in [3.05, 3.63) is 59.1 Å². The van der Waals surface area contributed by atoms with E-state index in [4.69, 9.17) is 14.2 Å². The largest absolute Gasteiger partial charge is 0.573 e. The number of carbonyl (C=O) groups is 1. The van der Waals surface area contributed by atoms with E-state index < -0.39 is 18.1 Å². The van der Waals surface area contributed by atoms with Crippen LogP contribution in [0.3, 0.4) is 0 Å². The maximum absolute atomic E-state index is 12.2. The van der Waals surface area contributed by atoms with Crippen LogP contribution in [0.5, 0.6) is 17.2 Å². The number of aromatic nitrogens is 1. The van der Waals surface area contributed by atoms with Crippen molar-refractivity contribution in [2.75, 3.05) is 14.2 Å². The molecule has 2 aromatic carbocycles. The van der Waals surface area contributed by atoms with Crippen molar-refractivity contribution < 1.29 is 36.9 Å². The van der Waals surface area contributed by atoms with Gasteiger partial charge in [-0.05, 0) is 36.4 Å². The molecule has 0 amide bonds. The summed E-state index contributed by atoms with van der Waals surface area (Å²) in [6.45, 7) is -0.0948. The summed E-state index contributed by atoms with van der Waals surface area (Å²) < 4.78 is 56.2. The van der Waals surface area contributed by atoms with Crippen LogP contribution in [0.25, 0.3) is 10.6 Å². The number of esters is 1. The topological polar surface area (TPSA) is 66.9 Å². The highest BCUT2D eigenvalue weighted by molar-refractivity contribution is 7.13. The zero-order valence-corrected chi connectivity index (χ0v) is 16.7. The molecule has 158 valence electrons. The normalized spacial score (nSPS) is 11.1. The van der Waals surface area contributed by atoms with Crippen LogP contribution in [0.1, 0.15) is 16.1 Å². The van der Waals surface area contributed by atoms with Gasteiger partial charge in [-0.25, -0.2) is 9.78 Å². The molecule has 0 aliphatic carbocycles. The highest BCUT2D eigenvalue weighted by atomic mass is 32.1. The van der Waals surface area contributed by atoms with Crippen LogP contribution in [-0.2, 0) is 11.3 Å². The second-order valence-corrected chi connectivity index (χ2v) is 6.69. The Morgan fingerprint density at radius 2 is 1.80 bits per heavy atom. The number of ether oxygens (including phenoxy) is 4. The van der Waals surface area contributed by atoms with Crippen LogP contribution >= 0.6 is 11.3 Å². The standard InChI is InChI=1S/C20H16F3NO5S/c1-26-16-5-3-4-15(17(16)27-2)18-24-13(11-30-18)10-28-19(25)12-6-8-14(9-7-12)29-20(21,22)23/h3-9,11H,10H2,1-2H3. The molecule has 0 saturated heterocycles. The van der Waals surface area contributed by atoms with Gasteiger partial charge in [0, 0.05) is 5.38 Å². The minimum absolute atomic E-state index is 0.0921. The first-order chi connectivity index (χ1) is 14.3. The molecule has 0 radical (unpaired) electrons. The minimum Gasteiger partial charge on any atom is -0.493 e. The maximum atomic E-state index is 12.2. The summed E-state index contributed by atoms with van der Waals surface area (Å²) in [5, 5.41) is 2.40. The van der Waals surface area contributed by atoms with Gasteiger partial charge in [0.1, 0.15) is 17.4 Å². The summed E-state index contributed by atoms with van der Waals surface area (Å²) in [6.07, 6.45) is -4.80. The van der Waals surface area contributed by atoms with Gasteiger partial charge >= 0.3 is 12.3 Å². The van der Waals surface area contributed by atoms with E-state index in [-0.39, 0.29) is 12.2 Å². The molecule has 3 rings (SSSR count). The van der Waals surface area contributed by atoms with Crippen molar-refractivity contribution in [1.82, 2.24) is 4.98 Å². The molecule has 30 heavy (non-hydrogen) atoms. The molecule has 0 saturated carbocycles. The van der Waals surface area contributed by atoms with Crippen molar-refractivity contribution in [3.63, 3.8) is 0 Å². The molecule has 0 aliphatic rings. The van der Waals surface area contributed by atoms with Gasteiger partial charge in [-0.3, -0.25) is 0 Å². The van der Waals surface area contributed by atoms with Gasteiger partial charge in [-0.1, -0.05) is 6.07 Å². The van der Waals surface area contributed by atoms with Gasteiger partial charge in [-0.15, -0.1) is 24.5 Å². The van der Waals surface area contributed by atoms with Crippen LogP contribution in [0.4, 0.5) is 13.2 Å². The van der Waals surface area contributed by atoms with Crippen LogP contribution in [0.15, 0.2) is 47.8 Å². The third-order valence-corrected chi connectivity index (χ3v) is 4.78. The SMILES string of the molecule is COc1cccc(-c2nc(COC(=O)c3ccc(OC(F)(F)F)cc3)cs2)c1OC. The van der Waals surface area contributed by atoms with Crippen molar-refractivity contribution in [3.8, 4) is 27.8 Å². The van der Waals surface area contributed by atoms with Crippen LogP contribution in [0.2, 0.25) is 0 Å². The molecule has 0 fully saturated rings. The summed E-state index contributed by atoms with van der Waals surface area (Å²) >= 11 is 1.35. The van der Waals surface area contributed by atoms with Gasteiger partial charge in [-0.2, -0.15) is 0 Å². The number of thiazole rings is 1. The number of methoxy groups -OCH3 is 2. The number of rotatable bonds is 7. The van der Waals surface area contributed by atoms with Gasteiger partial charge < -0.3 is 18.9 Å². The lowest BCUT2D eigenvalue weighted by molar-refractivity contribution is -0.274. The first kappa shape index (κ1) is 21.4. The number of nitrogens with zero attached hydrogens (tertiary/aromatic N) is 1. The Balaban J connectivity index is 1.65. The average Bonchev–Trinajstić information content (AvgIpc) is 3.19. The number of halogens is 3. The minimum atomic E-state index is -4.80. The Morgan fingerprint density at radius 3 is 2.43 bits per heavy atom. The predicted molar refractivity (Wildman–Crippen MR) is 103 cm³/mol. The Labute approximate surface area is 173 Å². The number of benzene rings is 2. The number of carbonyl (C=O) groups excluding carboxylic acids is 1. The summed E-state index contributed by atoms with van der Waals surface area (Å²) in [4.78, 5) is 16.6. The molecule has 0 spiro atoms. The first-order valence-electron chi connectivity index (χ1n) is 8.49. The van der Waals surface area contributed by atoms with Crippen LogP contribution < -0.4 is 14.2 Å². The fraction of sp³-hybridized carbons (Fsp3) is 0.200. The summed E-state index contributed by atoms with van der Waals surface area (Å²) in [6, 6.07) is 9.88. The lowest BCUT2D eigenvalue weighted by Crippen LogP contribution is -2.17. The molecule has 0 atom stereocenters. The molecule has 1 heterocycles. The first-order valence-corrected chi connectivity index (χ1v) is 9.37. The van der Waals surface area contributed by atoms with Gasteiger partial charge in [0.25, 0.3) is 0 Å². The lowest BCUT2D eigenvalue weighted by Gasteiger charge is -2.10. The number of para-hydroxylation sites is 1. The molecule has 10 heteroatoms. The highest BCUT2D eigenvalue weighted by Gasteiger charge is 2.31. The van der Waals surface area contributed by atoms with E-state index >= 15 is 0 Å². The van der Waals surface area contributed by atoms with E-state index in [0.717, 1.165) is 17.7 Å². The van der Waals surface area contributed by atoms with Crippen LogP contribution in [0, 0.1) is 0 Å². The molecule has 1 aromatic heterocycles. The van der Waals surface area contributed by atoms with Crippen LogP contribution in [-0.4, -0.2) is 31.5 Å². The number of alkyl halides is 3. The average molecular weight is 439 g/mol. The van der Waals surface area contributed by atoms with Crippen molar-refractivity contribution in [2.45, 2.75) is 13.0 Å². The Kier molecular flexibility index (Phi) is 6.46. The van der Waals surface area contributed by atoms with Crippen molar-refractivity contribution in [1.29, 1.82) is 0 Å². The zero-order chi connectivity index (χ0) is 21.7. The fourth-order valence-electron chi connectivity index (χ4n) is 2.57. The molecular formula is C20H16F3NO5S. The summed E-state index contributed by atoms with van der Waals surface area (Å²) in [7, 11) is 3.07. The fourth-order valence-corrected chi connectivity index (χ4v) is 3.39. The maximum Gasteiger partial charge on any atom is 0.573 e. The van der Waals surface area contributed by atoms with E-state index in [1.165, 1.54) is 37.7 Å². The molecule has 0 unspecified atom stereocenters. The molecular weight excluding hydrogens is 423 g/mol. The summed E-state index contributed by atoms with van der Waals surface area (Å²) in [5.41, 5.74) is 1.35. The molecule has 0 aliphatic heterocycles. The molecule has 6 nitrogen and oxygen atoms in total. The molecule has 0 bridgehead atoms. The molecule has 0 N–H and O–H groups in total. The van der Waals surface area contributed by atoms with E-state index in [9.17, 15) is 18.0 Å². The number of hydrogen-bond acceptors (Lipinski definition) is 7. The molecule has 3 aromatic rings. The van der Waals surface area contributed by atoms with Gasteiger partial charge in [0.2, 0.25) is 0 Å². The van der Waals surface area contributed by atoms with Gasteiger partial charge in [0.05, 0.1) is 31.0 Å². The zero-order valence-electron chi connectivity index (χ0n) is 15.9. The smallest absolute Gasteiger partial charge is 0.493 e. The summed E-state index contributed by atoms with van der Waals surface area (Å²) in [5.74, 6) is -0.00677. The third kappa shape index (κ3) is 5.20. The Morgan fingerprint density at radius 1 is 1.07 bits per heavy atom. The van der Waals surface area contributed by atoms with E-state index in [2.05, 4.69) is 9.72 Å². The lowest BCUT2D eigenvalue weighted by atomic mass is 10.2. The van der Waals surface area contributed by atoms with Gasteiger partial charge in [0.15, 0.2) is 11.5 Å². The second kappa shape index (κ2) is 9.04. The van der Waals surface area contributed by atoms with E-state index in [0.29, 0.717) is 22.2 Å². The Bertz CT molecular complexity index is 1020. The predicted octanol–water partition coefficient (Wildman–Crippen LogP) is 5.08. The third-order valence-electron chi connectivity index (χ3n) is 3.86. The second-order valence-electron chi connectivity index (χ2n) is 5.83. The number of hydrogen-bond donors (Lipinski definition) is 0.